The predicted molar refractivity (Wildman–Crippen MR) is 158 cm³/mol. The van der Waals surface area contributed by atoms with Crippen molar-refractivity contribution in [1.82, 2.24) is 15.3 Å². The number of carbonyl (C=O) groups excluding carboxylic acids is 1. The van der Waals surface area contributed by atoms with E-state index in [-0.39, 0.29) is 24.0 Å². The van der Waals surface area contributed by atoms with Crippen LogP contribution < -0.4 is 10.2 Å². The van der Waals surface area contributed by atoms with Gasteiger partial charge in [-0.15, -0.1) is 0 Å². The number of benzene rings is 2. The Bertz CT molecular complexity index is 1400. The van der Waals surface area contributed by atoms with Crippen molar-refractivity contribution < 1.29 is 9.90 Å². The molecule has 0 unspecified atom stereocenters. The van der Waals surface area contributed by atoms with Crippen LogP contribution in [-0.2, 0) is 17.8 Å². The van der Waals surface area contributed by atoms with E-state index in [1.807, 2.05) is 39.8 Å². The van der Waals surface area contributed by atoms with E-state index < -0.39 is 5.41 Å². The number of aliphatic hydroxyl groups is 1. The summed E-state index contributed by atoms with van der Waals surface area (Å²) >= 11 is 14.0. The third kappa shape index (κ3) is 5.51. The zero-order valence-electron chi connectivity index (χ0n) is 22.7. The minimum absolute atomic E-state index is 0.0195. The van der Waals surface area contributed by atoms with Gasteiger partial charge in [0.05, 0.1) is 28.4 Å². The molecule has 1 atom stereocenters. The maximum absolute atomic E-state index is 13.1. The summed E-state index contributed by atoms with van der Waals surface area (Å²) in [5.74, 6) is 0.792. The van der Waals surface area contributed by atoms with Crippen molar-refractivity contribution in [3.8, 4) is 0 Å². The minimum atomic E-state index is -0.461. The number of nitrogens with one attached hydrogen (secondary N) is 1. The quantitative estimate of drug-likeness (QED) is 0.344. The number of aliphatic hydroxyl groups excluding tert-OH is 1. The molecule has 6 nitrogen and oxygen atoms in total. The molecule has 0 saturated carbocycles. The second kappa shape index (κ2) is 10.9. The molecular formula is C30H34Cl2N4O2S. The molecule has 1 aliphatic heterocycles. The molecule has 2 aliphatic rings. The smallest absolute Gasteiger partial charge is 0.225 e. The zero-order chi connectivity index (χ0) is 27.9. The molecule has 39 heavy (non-hydrogen) atoms. The number of aryl methyl sites for hydroxylation is 1. The van der Waals surface area contributed by atoms with Crippen LogP contribution in [0.15, 0.2) is 52.4 Å². The van der Waals surface area contributed by atoms with Gasteiger partial charge < -0.3 is 15.3 Å². The normalized spacial score (nSPS) is 18.3. The average Bonchev–Trinajstić information content (AvgIpc) is 3.20. The Hall–Kier alpha value is -2.32. The number of piperidine rings is 1. The molecular weight excluding hydrogens is 551 g/mol. The van der Waals surface area contributed by atoms with Crippen molar-refractivity contribution in [2.75, 3.05) is 18.0 Å². The van der Waals surface area contributed by atoms with E-state index in [4.69, 9.17) is 33.2 Å². The van der Waals surface area contributed by atoms with Gasteiger partial charge in [-0.1, -0.05) is 86.1 Å². The van der Waals surface area contributed by atoms with Crippen LogP contribution in [0.2, 0.25) is 10.0 Å². The molecule has 2 heterocycles. The number of aromatic nitrogens is 2. The molecule has 1 fully saturated rings. The summed E-state index contributed by atoms with van der Waals surface area (Å²) in [5.41, 5.74) is 3.35. The number of halogens is 2. The first-order valence-electron chi connectivity index (χ1n) is 13.3. The van der Waals surface area contributed by atoms with Crippen LogP contribution in [0.3, 0.4) is 0 Å². The molecule has 206 valence electrons. The summed E-state index contributed by atoms with van der Waals surface area (Å²) in [7, 11) is 0. The van der Waals surface area contributed by atoms with Crippen molar-refractivity contribution >= 4 is 46.7 Å². The molecule has 1 spiro atoms. The number of hydrogen-bond acceptors (Lipinski definition) is 6. The summed E-state index contributed by atoms with van der Waals surface area (Å²) in [4.78, 5) is 25.8. The predicted octanol–water partition coefficient (Wildman–Crippen LogP) is 6.78. The number of nitrogens with zero attached hydrogens (tertiary/aromatic N) is 3. The lowest BCUT2D eigenvalue weighted by molar-refractivity contribution is -0.130. The highest BCUT2D eigenvalue weighted by atomic mass is 35.5. The minimum Gasteiger partial charge on any atom is -0.390 e. The lowest BCUT2D eigenvalue weighted by Crippen LogP contribution is -2.49. The number of carbonyl (C=O) groups is 1. The van der Waals surface area contributed by atoms with E-state index in [9.17, 15) is 9.90 Å². The van der Waals surface area contributed by atoms with Crippen LogP contribution in [0.25, 0.3) is 0 Å². The third-order valence-electron chi connectivity index (χ3n) is 7.89. The monoisotopic (exact) mass is 584 g/mol. The molecule has 3 aromatic rings. The van der Waals surface area contributed by atoms with Crippen LogP contribution in [0.4, 0.5) is 5.82 Å². The van der Waals surface area contributed by atoms with Gasteiger partial charge in [-0.2, -0.15) is 0 Å². The Morgan fingerprint density at radius 2 is 1.85 bits per heavy atom. The molecule has 9 heteroatoms. The van der Waals surface area contributed by atoms with E-state index in [1.54, 1.807) is 6.07 Å². The maximum Gasteiger partial charge on any atom is 0.225 e. The highest BCUT2D eigenvalue weighted by Crippen LogP contribution is 2.52. The highest BCUT2D eigenvalue weighted by molar-refractivity contribution is 7.99. The molecule has 2 N–H and O–H groups in total. The van der Waals surface area contributed by atoms with Gasteiger partial charge in [-0.3, -0.25) is 4.79 Å². The third-order valence-corrected chi connectivity index (χ3v) is 9.96. The van der Waals surface area contributed by atoms with Crippen molar-refractivity contribution in [3.05, 3.63) is 75.0 Å². The number of fused-ring (bicyclic) bond motifs is 1. The van der Waals surface area contributed by atoms with Crippen molar-refractivity contribution in [1.29, 1.82) is 0 Å². The summed E-state index contributed by atoms with van der Waals surface area (Å²) in [6.45, 7) is 9.12. The van der Waals surface area contributed by atoms with Gasteiger partial charge in [0.15, 0.2) is 5.82 Å². The van der Waals surface area contributed by atoms with Gasteiger partial charge in [0.1, 0.15) is 10.7 Å². The molecule has 0 bridgehead atoms. The standard InChI is InChI=1S/C30H34Cl2N4O2S/c1-18-27(39-23-11-7-10-21(31)24(23)32)34-22(17-37)26(33-18)36-14-12-30(13-15-36)16-19-8-5-6-9-20(19)25(30)35-28(38)29(2,3)4/h5-11,25,37H,12-17H2,1-4H3,(H,35,38)/t25-/m1/s1. The van der Waals surface area contributed by atoms with Gasteiger partial charge >= 0.3 is 0 Å². The molecule has 2 aromatic carbocycles. The van der Waals surface area contributed by atoms with Crippen LogP contribution in [-0.4, -0.2) is 34.1 Å². The van der Waals surface area contributed by atoms with Crippen LogP contribution >= 0.6 is 35.0 Å². The SMILES string of the molecule is Cc1nc(N2CCC3(CC2)Cc2ccccc2[C@H]3NC(=O)C(C)(C)C)c(CO)nc1Sc1cccc(Cl)c1Cl. The number of rotatable bonds is 5. The van der Waals surface area contributed by atoms with E-state index >= 15 is 0 Å². The number of amides is 1. The Morgan fingerprint density at radius 1 is 1.13 bits per heavy atom. The van der Waals surface area contributed by atoms with Crippen LogP contribution in [0.1, 0.15) is 62.2 Å². The summed E-state index contributed by atoms with van der Waals surface area (Å²) in [6, 6.07) is 14.0. The van der Waals surface area contributed by atoms with E-state index in [0.717, 1.165) is 48.8 Å². The molecule has 0 radical (unpaired) electrons. The summed E-state index contributed by atoms with van der Waals surface area (Å²) < 4.78 is 0. The Balaban J connectivity index is 1.38. The Morgan fingerprint density at radius 3 is 2.54 bits per heavy atom. The first-order chi connectivity index (χ1) is 18.5. The second-order valence-electron chi connectivity index (χ2n) is 11.6. The molecule has 1 aromatic heterocycles. The fourth-order valence-corrected chi connectivity index (χ4v) is 7.02. The fourth-order valence-electron chi connectivity index (χ4n) is 5.64. The Labute approximate surface area is 244 Å². The molecule has 5 rings (SSSR count). The van der Waals surface area contributed by atoms with Crippen molar-refractivity contribution in [2.45, 2.75) is 69.5 Å². The molecule has 1 aliphatic carbocycles. The van der Waals surface area contributed by atoms with Gasteiger partial charge in [0.2, 0.25) is 5.91 Å². The molecule has 1 saturated heterocycles. The first kappa shape index (κ1) is 28.2. The second-order valence-corrected chi connectivity index (χ2v) is 13.4. The molecule has 1 amide bonds. The van der Waals surface area contributed by atoms with Crippen LogP contribution in [0.5, 0.6) is 0 Å². The Kier molecular flexibility index (Phi) is 7.90. The lowest BCUT2D eigenvalue weighted by Gasteiger charge is -2.44. The van der Waals surface area contributed by atoms with E-state index in [0.29, 0.717) is 20.8 Å². The van der Waals surface area contributed by atoms with E-state index in [1.165, 1.54) is 22.9 Å². The number of hydrogen-bond donors (Lipinski definition) is 2. The zero-order valence-corrected chi connectivity index (χ0v) is 25.1. The first-order valence-corrected chi connectivity index (χ1v) is 14.8. The maximum atomic E-state index is 13.1. The van der Waals surface area contributed by atoms with Gasteiger partial charge in [0, 0.05) is 28.8 Å². The van der Waals surface area contributed by atoms with Gasteiger partial charge in [0.25, 0.3) is 0 Å². The lowest BCUT2D eigenvalue weighted by atomic mass is 9.72. The largest absolute Gasteiger partial charge is 0.390 e. The van der Waals surface area contributed by atoms with Crippen LogP contribution in [0, 0.1) is 17.8 Å². The number of anilines is 1. The van der Waals surface area contributed by atoms with Gasteiger partial charge in [-0.05, 0) is 49.4 Å². The summed E-state index contributed by atoms with van der Waals surface area (Å²) in [6.07, 6.45) is 2.74. The summed E-state index contributed by atoms with van der Waals surface area (Å²) in [5, 5.41) is 15.3. The van der Waals surface area contributed by atoms with Crippen molar-refractivity contribution in [2.24, 2.45) is 10.8 Å². The van der Waals surface area contributed by atoms with E-state index in [2.05, 4.69) is 34.5 Å². The average molecular weight is 586 g/mol. The fraction of sp³-hybridized carbons (Fsp3) is 0.433. The highest BCUT2D eigenvalue weighted by Gasteiger charge is 2.49. The topological polar surface area (TPSA) is 78.4 Å². The van der Waals surface area contributed by atoms with Gasteiger partial charge in [-0.25, -0.2) is 9.97 Å². The van der Waals surface area contributed by atoms with Crippen molar-refractivity contribution in [3.63, 3.8) is 0 Å².